The first-order chi connectivity index (χ1) is 5.70. The number of allylic oxidation sites excluding steroid dienone is 4. The van der Waals surface area contributed by atoms with Gasteiger partial charge in [0.1, 0.15) is 6.04 Å². The quantitative estimate of drug-likeness (QED) is 0.657. The summed E-state index contributed by atoms with van der Waals surface area (Å²) in [4.78, 5) is 10.4. The first kappa shape index (κ1) is 9.00. The second kappa shape index (κ2) is 4.07. The number of carboxylic acids is 1. The number of hydrogen-bond donors (Lipinski definition) is 2. The van der Waals surface area contributed by atoms with Gasteiger partial charge in [-0.15, -0.1) is 0 Å². The van der Waals surface area contributed by atoms with Gasteiger partial charge in [0.05, 0.1) is 0 Å². The lowest BCUT2D eigenvalue weighted by atomic mass is 9.94. The standard InChI is InChI=1S/C9H13NO2/c10-8(9(11)12)6-7-4-2-1-3-5-7/h1-4,7-8H,5-6,10H2,(H,11,12)/t7-,8-/m0/s1. The molecule has 0 fully saturated rings. The Hall–Kier alpha value is -1.09. The van der Waals surface area contributed by atoms with Crippen LogP contribution < -0.4 is 5.73 Å². The molecule has 0 saturated heterocycles. The summed E-state index contributed by atoms with van der Waals surface area (Å²) in [5.41, 5.74) is 5.39. The molecular weight excluding hydrogens is 154 g/mol. The SMILES string of the molecule is N[C@@H](C[C@H]1C=CC=CC1)C(=O)O. The van der Waals surface area contributed by atoms with Crippen LogP contribution in [0.1, 0.15) is 12.8 Å². The molecule has 3 heteroatoms. The molecule has 0 spiro atoms. The maximum atomic E-state index is 10.4. The lowest BCUT2D eigenvalue weighted by Crippen LogP contribution is -2.32. The predicted octanol–water partition coefficient (Wildman–Crippen LogP) is 0.921. The average molecular weight is 167 g/mol. The first-order valence-electron chi connectivity index (χ1n) is 4.02. The van der Waals surface area contributed by atoms with E-state index in [9.17, 15) is 4.79 Å². The molecule has 66 valence electrons. The summed E-state index contributed by atoms with van der Waals surface area (Å²) >= 11 is 0. The minimum Gasteiger partial charge on any atom is -0.480 e. The molecule has 3 nitrogen and oxygen atoms in total. The molecule has 3 N–H and O–H groups in total. The molecule has 0 aromatic heterocycles. The number of carbonyl (C=O) groups is 1. The van der Waals surface area contributed by atoms with Crippen molar-refractivity contribution in [3.63, 3.8) is 0 Å². The van der Waals surface area contributed by atoms with Crippen molar-refractivity contribution in [3.8, 4) is 0 Å². The van der Waals surface area contributed by atoms with Gasteiger partial charge in [0.2, 0.25) is 0 Å². The summed E-state index contributed by atoms with van der Waals surface area (Å²) in [7, 11) is 0. The fourth-order valence-corrected chi connectivity index (χ4v) is 1.23. The van der Waals surface area contributed by atoms with Crippen LogP contribution in [-0.4, -0.2) is 17.1 Å². The van der Waals surface area contributed by atoms with Gasteiger partial charge in [-0.1, -0.05) is 24.3 Å². The van der Waals surface area contributed by atoms with Crippen LogP contribution in [0, 0.1) is 5.92 Å². The van der Waals surface area contributed by atoms with Gasteiger partial charge in [-0.05, 0) is 18.8 Å². The van der Waals surface area contributed by atoms with Crippen LogP contribution in [-0.2, 0) is 4.79 Å². The first-order valence-corrected chi connectivity index (χ1v) is 4.02. The molecule has 0 aromatic carbocycles. The summed E-state index contributed by atoms with van der Waals surface area (Å²) in [6, 6.07) is -0.730. The second-order valence-corrected chi connectivity index (χ2v) is 2.99. The zero-order valence-corrected chi connectivity index (χ0v) is 6.81. The summed E-state index contributed by atoms with van der Waals surface area (Å²) in [6.07, 6.45) is 9.35. The Morgan fingerprint density at radius 3 is 2.92 bits per heavy atom. The molecule has 0 radical (unpaired) electrons. The third-order valence-electron chi connectivity index (χ3n) is 1.94. The Bertz CT molecular complexity index is 221. The van der Waals surface area contributed by atoms with Gasteiger partial charge in [-0.25, -0.2) is 0 Å². The molecule has 0 aliphatic heterocycles. The van der Waals surface area contributed by atoms with Crippen molar-refractivity contribution >= 4 is 5.97 Å². The Kier molecular flexibility index (Phi) is 3.05. The third-order valence-corrected chi connectivity index (χ3v) is 1.94. The predicted molar refractivity (Wildman–Crippen MR) is 46.6 cm³/mol. The van der Waals surface area contributed by atoms with Crippen molar-refractivity contribution < 1.29 is 9.90 Å². The van der Waals surface area contributed by atoms with Crippen LogP contribution in [0.25, 0.3) is 0 Å². The topological polar surface area (TPSA) is 63.3 Å². The van der Waals surface area contributed by atoms with Crippen LogP contribution in [0.5, 0.6) is 0 Å². The van der Waals surface area contributed by atoms with E-state index in [-0.39, 0.29) is 0 Å². The zero-order chi connectivity index (χ0) is 8.97. The van der Waals surface area contributed by atoms with Gasteiger partial charge in [0.25, 0.3) is 0 Å². The zero-order valence-electron chi connectivity index (χ0n) is 6.81. The Morgan fingerprint density at radius 1 is 1.67 bits per heavy atom. The Balaban J connectivity index is 2.36. The van der Waals surface area contributed by atoms with Crippen molar-refractivity contribution in [3.05, 3.63) is 24.3 Å². The summed E-state index contributed by atoms with van der Waals surface area (Å²) < 4.78 is 0. The normalized spacial score (nSPS) is 23.9. The highest BCUT2D eigenvalue weighted by Crippen LogP contribution is 2.16. The number of carboxylic acid groups (broad SMARTS) is 1. The molecule has 1 aliphatic rings. The van der Waals surface area contributed by atoms with E-state index in [1.807, 2.05) is 24.3 Å². The minimum atomic E-state index is -0.919. The minimum absolute atomic E-state index is 0.293. The van der Waals surface area contributed by atoms with Crippen LogP contribution in [0.4, 0.5) is 0 Å². The fourth-order valence-electron chi connectivity index (χ4n) is 1.23. The van der Waals surface area contributed by atoms with E-state index >= 15 is 0 Å². The number of nitrogens with two attached hydrogens (primary N) is 1. The maximum Gasteiger partial charge on any atom is 0.320 e. The Morgan fingerprint density at radius 2 is 2.42 bits per heavy atom. The van der Waals surface area contributed by atoms with Crippen molar-refractivity contribution in [1.29, 1.82) is 0 Å². The summed E-state index contributed by atoms with van der Waals surface area (Å²) in [5.74, 6) is -0.626. The average Bonchev–Trinajstić information content (AvgIpc) is 2.06. The highest BCUT2D eigenvalue weighted by molar-refractivity contribution is 5.73. The van der Waals surface area contributed by atoms with Crippen LogP contribution >= 0.6 is 0 Å². The molecule has 0 unspecified atom stereocenters. The molecular formula is C9H13NO2. The monoisotopic (exact) mass is 167 g/mol. The van der Waals surface area contributed by atoms with E-state index < -0.39 is 12.0 Å². The van der Waals surface area contributed by atoms with E-state index in [0.29, 0.717) is 12.3 Å². The van der Waals surface area contributed by atoms with Gasteiger partial charge >= 0.3 is 5.97 Å². The van der Waals surface area contributed by atoms with Crippen molar-refractivity contribution in [2.24, 2.45) is 11.7 Å². The van der Waals surface area contributed by atoms with E-state index in [1.165, 1.54) is 0 Å². The van der Waals surface area contributed by atoms with E-state index in [0.717, 1.165) is 6.42 Å². The molecule has 0 saturated carbocycles. The number of rotatable bonds is 3. The summed E-state index contributed by atoms with van der Waals surface area (Å²) in [6.45, 7) is 0. The van der Waals surface area contributed by atoms with Gasteiger partial charge < -0.3 is 10.8 Å². The molecule has 0 heterocycles. The third kappa shape index (κ3) is 2.51. The van der Waals surface area contributed by atoms with Crippen molar-refractivity contribution in [2.45, 2.75) is 18.9 Å². The number of aliphatic carboxylic acids is 1. The molecule has 0 amide bonds. The smallest absolute Gasteiger partial charge is 0.320 e. The van der Waals surface area contributed by atoms with E-state index in [1.54, 1.807) is 0 Å². The number of hydrogen-bond acceptors (Lipinski definition) is 2. The van der Waals surface area contributed by atoms with Crippen molar-refractivity contribution in [2.75, 3.05) is 0 Å². The lowest BCUT2D eigenvalue weighted by molar-refractivity contribution is -0.138. The Labute approximate surface area is 71.6 Å². The van der Waals surface area contributed by atoms with Crippen LogP contribution in [0.2, 0.25) is 0 Å². The van der Waals surface area contributed by atoms with Gasteiger partial charge in [0.15, 0.2) is 0 Å². The highest BCUT2D eigenvalue weighted by Gasteiger charge is 2.16. The summed E-state index contributed by atoms with van der Waals surface area (Å²) in [5, 5.41) is 8.55. The lowest BCUT2D eigenvalue weighted by Gasteiger charge is -2.14. The molecule has 12 heavy (non-hydrogen) atoms. The largest absolute Gasteiger partial charge is 0.480 e. The van der Waals surface area contributed by atoms with Crippen molar-refractivity contribution in [1.82, 2.24) is 0 Å². The maximum absolute atomic E-state index is 10.4. The van der Waals surface area contributed by atoms with Gasteiger partial charge in [-0.3, -0.25) is 4.79 Å². The molecule has 2 atom stereocenters. The van der Waals surface area contributed by atoms with Crippen LogP contribution in [0.3, 0.4) is 0 Å². The molecule has 0 bridgehead atoms. The fraction of sp³-hybridized carbons (Fsp3) is 0.444. The van der Waals surface area contributed by atoms with Gasteiger partial charge in [-0.2, -0.15) is 0 Å². The molecule has 1 rings (SSSR count). The van der Waals surface area contributed by atoms with E-state index in [2.05, 4.69) is 0 Å². The molecule has 0 aromatic rings. The van der Waals surface area contributed by atoms with E-state index in [4.69, 9.17) is 10.8 Å². The second-order valence-electron chi connectivity index (χ2n) is 2.99. The highest BCUT2D eigenvalue weighted by atomic mass is 16.4. The molecule has 1 aliphatic carbocycles. The van der Waals surface area contributed by atoms with Gasteiger partial charge in [0, 0.05) is 0 Å². The van der Waals surface area contributed by atoms with Crippen LogP contribution in [0.15, 0.2) is 24.3 Å².